The van der Waals surface area contributed by atoms with Crippen molar-refractivity contribution in [2.75, 3.05) is 0 Å². The minimum Gasteiger partial charge on any atom is -0.409 e. The number of aryl methyl sites for hydroxylation is 1. The van der Waals surface area contributed by atoms with Crippen LogP contribution in [0.25, 0.3) is 0 Å². The quantitative estimate of drug-likeness (QED) is 0.277. The van der Waals surface area contributed by atoms with Crippen LogP contribution in [0.2, 0.25) is 0 Å². The fourth-order valence-electron chi connectivity index (χ4n) is 1.20. The van der Waals surface area contributed by atoms with Crippen LogP contribution in [0.4, 0.5) is 0 Å². The van der Waals surface area contributed by atoms with Gasteiger partial charge in [-0.2, -0.15) is 0 Å². The summed E-state index contributed by atoms with van der Waals surface area (Å²) in [5.41, 5.74) is 6.59. The van der Waals surface area contributed by atoms with Gasteiger partial charge in [0, 0.05) is 18.1 Å². The maximum Gasteiger partial charge on any atom is 0.194 e. The summed E-state index contributed by atoms with van der Waals surface area (Å²) in [6.07, 6.45) is 4.78. The lowest BCUT2D eigenvalue weighted by Gasteiger charge is -2.03. The van der Waals surface area contributed by atoms with Gasteiger partial charge in [-0.3, -0.25) is 4.98 Å². The molecule has 0 unspecified atom stereocenters. The second-order valence-electron chi connectivity index (χ2n) is 3.31. The molecule has 0 aliphatic carbocycles. The minimum atomic E-state index is -0.0542. The van der Waals surface area contributed by atoms with Crippen molar-refractivity contribution in [3.05, 3.63) is 36.0 Å². The molecule has 2 aromatic heterocycles. The van der Waals surface area contributed by atoms with Gasteiger partial charge in [0.1, 0.15) is 10.7 Å². The van der Waals surface area contributed by atoms with Crippen LogP contribution >= 0.6 is 11.8 Å². The molecule has 2 heterocycles. The predicted molar refractivity (Wildman–Crippen MR) is 65.4 cm³/mol. The Morgan fingerprint density at radius 2 is 2.22 bits per heavy atom. The topological polar surface area (TPSA) is 110 Å². The van der Waals surface area contributed by atoms with Gasteiger partial charge in [0.25, 0.3) is 0 Å². The largest absolute Gasteiger partial charge is 0.409 e. The molecule has 0 atom stereocenters. The average molecular weight is 262 g/mol. The van der Waals surface area contributed by atoms with Crippen LogP contribution in [-0.4, -0.2) is 31.0 Å². The minimum absolute atomic E-state index is 0.0542. The molecule has 0 aliphatic rings. The third kappa shape index (κ3) is 2.92. The van der Waals surface area contributed by atoms with E-state index in [2.05, 4.69) is 25.1 Å². The summed E-state index contributed by atoms with van der Waals surface area (Å²) < 4.78 is 0. The Morgan fingerprint density at radius 3 is 2.89 bits per heavy atom. The Hall–Kier alpha value is -2.22. The van der Waals surface area contributed by atoms with Crippen molar-refractivity contribution in [1.82, 2.24) is 19.9 Å². The van der Waals surface area contributed by atoms with Crippen LogP contribution in [-0.2, 0) is 0 Å². The summed E-state index contributed by atoms with van der Waals surface area (Å²) >= 11 is 1.26. The molecule has 0 aromatic carbocycles. The van der Waals surface area contributed by atoms with E-state index in [0.717, 1.165) is 5.69 Å². The zero-order chi connectivity index (χ0) is 13.0. The summed E-state index contributed by atoms with van der Waals surface area (Å²) in [6, 6.07) is 1.63. The lowest BCUT2D eigenvalue weighted by Crippen LogP contribution is -2.16. The van der Waals surface area contributed by atoms with Crippen molar-refractivity contribution in [3.63, 3.8) is 0 Å². The summed E-state index contributed by atoms with van der Waals surface area (Å²) in [5.74, 6) is -0.0542. The summed E-state index contributed by atoms with van der Waals surface area (Å²) in [4.78, 5) is 16.5. The van der Waals surface area contributed by atoms with E-state index in [9.17, 15) is 0 Å². The predicted octanol–water partition coefficient (Wildman–Crippen LogP) is 0.821. The first kappa shape index (κ1) is 12.2. The SMILES string of the molecule is Cc1cc(/C(N)=N/O)nc(Sc2cnccn2)n1. The van der Waals surface area contributed by atoms with Gasteiger partial charge in [0.05, 0.1) is 6.20 Å². The second-order valence-corrected chi connectivity index (χ2v) is 4.30. The van der Waals surface area contributed by atoms with Crippen molar-refractivity contribution in [3.8, 4) is 0 Å². The number of hydrogen-bond acceptors (Lipinski definition) is 7. The molecule has 18 heavy (non-hydrogen) atoms. The zero-order valence-electron chi connectivity index (χ0n) is 9.48. The number of oxime groups is 1. The van der Waals surface area contributed by atoms with Crippen LogP contribution in [0.1, 0.15) is 11.4 Å². The monoisotopic (exact) mass is 262 g/mol. The van der Waals surface area contributed by atoms with E-state index >= 15 is 0 Å². The highest BCUT2D eigenvalue weighted by Gasteiger charge is 2.08. The molecule has 0 spiro atoms. The van der Waals surface area contributed by atoms with E-state index in [4.69, 9.17) is 10.9 Å². The number of rotatable bonds is 3. The van der Waals surface area contributed by atoms with Crippen LogP contribution in [0.5, 0.6) is 0 Å². The second kappa shape index (κ2) is 5.41. The van der Waals surface area contributed by atoms with Crippen molar-refractivity contribution < 1.29 is 5.21 Å². The highest BCUT2D eigenvalue weighted by molar-refractivity contribution is 7.99. The summed E-state index contributed by atoms with van der Waals surface area (Å²) in [6.45, 7) is 1.80. The van der Waals surface area contributed by atoms with Gasteiger partial charge in [-0.25, -0.2) is 15.0 Å². The molecule has 2 rings (SSSR count). The van der Waals surface area contributed by atoms with Gasteiger partial charge in [-0.15, -0.1) is 0 Å². The normalized spacial score (nSPS) is 11.5. The molecule has 0 saturated carbocycles. The van der Waals surface area contributed by atoms with Crippen LogP contribution in [0.15, 0.2) is 40.0 Å². The third-order valence-corrected chi connectivity index (χ3v) is 2.72. The van der Waals surface area contributed by atoms with Crippen molar-refractivity contribution in [2.45, 2.75) is 17.1 Å². The Morgan fingerprint density at radius 1 is 1.39 bits per heavy atom. The lowest BCUT2D eigenvalue weighted by atomic mass is 10.3. The van der Waals surface area contributed by atoms with E-state index in [-0.39, 0.29) is 5.84 Å². The fourth-order valence-corrected chi connectivity index (χ4v) is 1.95. The highest BCUT2D eigenvalue weighted by atomic mass is 32.2. The Balaban J connectivity index is 2.31. The van der Waals surface area contributed by atoms with Crippen molar-refractivity contribution in [2.24, 2.45) is 10.9 Å². The van der Waals surface area contributed by atoms with Gasteiger partial charge in [-0.1, -0.05) is 5.16 Å². The first-order valence-electron chi connectivity index (χ1n) is 4.96. The van der Waals surface area contributed by atoms with Gasteiger partial charge >= 0.3 is 0 Å². The van der Waals surface area contributed by atoms with Crippen LogP contribution in [0, 0.1) is 6.92 Å². The number of aromatic nitrogens is 4. The van der Waals surface area contributed by atoms with E-state index in [0.29, 0.717) is 15.9 Å². The fraction of sp³-hybridized carbons (Fsp3) is 0.100. The van der Waals surface area contributed by atoms with Crippen molar-refractivity contribution in [1.29, 1.82) is 0 Å². The molecule has 0 bridgehead atoms. The average Bonchev–Trinajstić information content (AvgIpc) is 2.38. The van der Waals surface area contributed by atoms with Gasteiger partial charge in [-0.05, 0) is 24.8 Å². The smallest absolute Gasteiger partial charge is 0.194 e. The zero-order valence-corrected chi connectivity index (χ0v) is 10.3. The van der Waals surface area contributed by atoms with E-state index < -0.39 is 0 Å². The number of nitrogens with zero attached hydrogens (tertiary/aromatic N) is 5. The Bertz CT molecular complexity index is 574. The summed E-state index contributed by atoms with van der Waals surface area (Å²) in [7, 11) is 0. The van der Waals surface area contributed by atoms with Gasteiger partial charge < -0.3 is 10.9 Å². The van der Waals surface area contributed by atoms with Crippen molar-refractivity contribution >= 4 is 17.6 Å². The molecular formula is C10H10N6OS. The highest BCUT2D eigenvalue weighted by Crippen LogP contribution is 2.21. The number of hydrogen-bond donors (Lipinski definition) is 2. The molecule has 7 nitrogen and oxygen atoms in total. The van der Waals surface area contributed by atoms with Gasteiger partial charge in [0.15, 0.2) is 11.0 Å². The van der Waals surface area contributed by atoms with Crippen LogP contribution < -0.4 is 5.73 Å². The molecule has 0 saturated heterocycles. The molecule has 8 heteroatoms. The van der Waals surface area contributed by atoms with E-state index in [1.54, 1.807) is 31.6 Å². The first-order chi connectivity index (χ1) is 8.69. The maximum atomic E-state index is 8.63. The first-order valence-corrected chi connectivity index (χ1v) is 5.78. The van der Waals surface area contributed by atoms with E-state index in [1.807, 2.05) is 0 Å². The van der Waals surface area contributed by atoms with E-state index in [1.165, 1.54) is 11.8 Å². The van der Waals surface area contributed by atoms with Gasteiger partial charge in [0.2, 0.25) is 0 Å². The molecule has 0 amide bonds. The number of amidine groups is 1. The molecule has 0 fully saturated rings. The standard InChI is InChI=1S/C10H10N6OS/c1-6-4-7(9(11)16-17)15-10(14-6)18-8-5-12-2-3-13-8/h2-5,17H,1H3,(H2,11,16). The molecular weight excluding hydrogens is 252 g/mol. The lowest BCUT2D eigenvalue weighted by molar-refractivity contribution is 0.318. The summed E-state index contributed by atoms with van der Waals surface area (Å²) in [5, 5.41) is 12.7. The maximum absolute atomic E-state index is 8.63. The molecule has 92 valence electrons. The molecule has 0 radical (unpaired) electrons. The molecule has 3 N–H and O–H groups in total. The molecule has 0 aliphatic heterocycles. The Kier molecular flexibility index (Phi) is 3.68. The number of nitrogens with two attached hydrogens (primary N) is 1. The van der Waals surface area contributed by atoms with Crippen LogP contribution in [0.3, 0.4) is 0 Å². The molecule has 2 aromatic rings. The third-order valence-electron chi connectivity index (χ3n) is 1.94. The Labute approximate surface area is 107 Å².